The summed E-state index contributed by atoms with van der Waals surface area (Å²) in [6, 6.07) is 6.04. The van der Waals surface area contributed by atoms with Crippen molar-refractivity contribution in [3.63, 3.8) is 0 Å². The summed E-state index contributed by atoms with van der Waals surface area (Å²) in [4.78, 5) is 0.974. The Bertz CT molecular complexity index is 450. The first-order chi connectivity index (χ1) is 6.24. The Kier molecular flexibility index (Phi) is 2.74. The SMILES string of the molecule is OCc1sc2c(Br)cccc2c1Br. The molecule has 0 aliphatic rings. The van der Waals surface area contributed by atoms with E-state index in [1.54, 1.807) is 11.3 Å². The van der Waals surface area contributed by atoms with Gasteiger partial charge in [-0.05, 0) is 37.9 Å². The fourth-order valence-electron chi connectivity index (χ4n) is 1.21. The molecule has 0 unspecified atom stereocenters. The van der Waals surface area contributed by atoms with E-state index < -0.39 is 0 Å². The van der Waals surface area contributed by atoms with E-state index in [9.17, 15) is 0 Å². The number of aliphatic hydroxyl groups is 1. The van der Waals surface area contributed by atoms with Crippen LogP contribution in [0.25, 0.3) is 10.1 Å². The average Bonchev–Trinajstić information content (AvgIpc) is 2.45. The van der Waals surface area contributed by atoms with Crippen molar-refractivity contribution in [2.75, 3.05) is 0 Å². The summed E-state index contributed by atoms with van der Waals surface area (Å²) < 4.78 is 3.27. The number of hydrogen-bond acceptors (Lipinski definition) is 2. The summed E-state index contributed by atoms with van der Waals surface area (Å²) in [5.41, 5.74) is 0. The second-order valence-corrected chi connectivity index (χ2v) is 5.37. The Morgan fingerprint density at radius 3 is 2.69 bits per heavy atom. The van der Waals surface area contributed by atoms with E-state index in [0.717, 1.165) is 19.2 Å². The molecule has 0 aliphatic carbocycles. The Balaban J connectivity index is 2.83. The molecule has 1 nitrogen and oxygen atoms in total. The van der Waals surface area contributed by atoms with Crippen molar-refractivity contribution in [2.45, 2.75) is 6.61 Å². The zero-order valence-corrected chi connectivity index (χ0v) is 10.5. The Morgan fingerprint density at radius 1 is 1.31 bits per heavy atom. The summed E-state index contributed by atoms with van der Waals surface area (Å²) in [5.74, 6) is 0. The minimum atomic E-state index is 0.0897. The summed E-state index contributed by atoms with van der Waals surface area (Å²) in [6.45, 7) is 0.0897. The van der Waals surface area contributed by atoms with E-state index in [1.165, 1.54) is 4.70 Å². The van der Waals surface area contributed by atoms with Crippen LogP contribution in [0, 0.1) is 0 Å². The van der Waals surface area contributed by atoms with E-state index in [1.807, 2.05) is 18.2 Å². The molecule has 0 saturated heterocycles. The molecule has 1 N–H and O–H groups in total. The minimum Gasteiger partial charge on any atom is -0.391 e. The van der Waals surface area contributed by atoms with E-state index in [2.05, 4.69) is 31.9 Å². The van der Waals surface area contributed by atoms with Gasteiger partial charge < -0.3 is 5.11 Å². The number of fused-ring (bicyclic) bond motifs is 1. The van der Waals surface area contributed by atoms with Gasteiger partial charge in [-0.15, -0.1) is 11.3 Å². The highest BCUT2D eigenvalue weighted by Crippen LogP contribution is 2.39. The maximum Gasteiger partial charge on any atom is 0.0786 e. The lowest BCUT2D eigenvalue weighted by molar-refractivity contribution is 0.285. The van der Waals surface area contributed by atoms with Gasteiger partial charge in [0.05, 0.1) is 6.61 Å². The van der Waals surface area contributed by atoms with Crippen LogP contribution in [0.15, 0.2) is 27.1 Å². The second kappa shape index (κ2) is 3.69. The van der Waals surface area contributed by atoms with Crippen LogP contribution in [0.5, 0.6) is 0 Å². The van der Waals surface area contributed by atoms with Gasteiger partial charge in [0, 0.05) is 23.9 Å². The van der Waals surface area contributed by atoms with Crippen molar-refractivity contribution < 1.29 is 5.11 Å². The number of thiophene rings is 1. The quantitative estimate of drug-likeness (QED) is 0.844. The summed E-state index contributed by atoms with van der Waals surface area (Å²) >= 11 is 8.56. The number of rotatable bonds is 1. The zero-order valence-electron chi connectivity index (χ0n) is 6.55. The average molecular weight is 322 g/mol. The highest BCUT2D eigenvalue weighted by Gasteiger charge is 2.10. The fourth-order valence-corrected chi connectivity index (χ4v) is 3.60. The van der Waals surface area contributed by atoms with Crippen LogP contribution in [0.4, 0.5) is 0 Å². The topological polar surface area (TPSA) is 20.2 Å². The standard InChI is InChI=1S/C9H6Br2OS/c10-6-3-1-2-5-8(11)7(4-12)13-9(5)6/h1-3,12H,4H2. The van der Waals surface area contributed by atoms with Crippen LogP contribution < -0.4 is 0 Å². The molecule has 2 rings (SSSR count). The molecule has 13 heavy (non-hydrogen) atoms. The molecule has 1 aromatic heterocycles. The van der Waals surface area contributed by atoms with Crippen molar-refractivity contribution in [1.82, 2.24) is 0 Å². The number of hydrogen-bond donors (Lipinski definition) is 1. The van der Waals surface area contributed by atoms with Gasteiger partial charge >= 0.3 is 0 Å². The van der Waals surface area contributed by atoms with Crippen molar-refractivity contribution in [3.05, 3.63) is 32.0 Å². The van der Waals surface area contributed by atoms with E-state index in [-0.39, 0.29) is 6.61 Å². The van der Waals surface area contributed by atoms with Crippen LogP contribution in [-0.2, 0) is 6.61 Å². The minimum absolute atomic E-state index is 0.0897. The Labute approximate surface area is 96.6 Å². The van der Waals surface area contributed by atoms with Gasteiger partial charge in [-0.1, -0.05) is 12.1 Å². The lowest BCUT2D eigenvalue weighted by Crippen LogP contribution is -1.74. The van der Waals surface area contributed by atoms with Gasteiger partial charge in [-0.2, -0.15) is 0 Å². The monoisotopic (exact) mass is 320 g/mol. The molecule has 68 valence electrons. The van der Waals surface area contributed by atoms with Crippen molar-refractivity contribution in [3.8, 4) is 0 Å². The second-order valence-electron chi connectivity index (χ2n) is 2.61. The summed E-state index contributed by atoms with van der Waals surface area (Å²) in [7, 11) is 0. The van der Waals surface area contributed by atoms with Crippen LogP contribution in [0.1, 0.15) is 4.88 Å². The molecule has 1 aromatic carbocycles. The van der Waals surface area contributed by atoms with Crippen molar-refractivity contribution in [1.29, 1.82) is 0 Å². The molecule has 1 heterocycles. The normalized spacial score (nSPS) is 11.0. The third kappa shape index (κ3) is 1.56. The third-order valence-electron chi connectivity index (χ3n) is 1.82. The van der Waals surface area contributed by atoms with Gasteiger partial charge in [0.1, 0.15) is 0 Å². The maximum absolute atomic E-state index is 9.08. The largest absolute Gasteiger partial charge is 0.391 e. The number of aliphatic hydroxyl groups excluding tert-OH is 1. The molecule has 0 bridgehead atoms. The van der Waals surface area contributed by atoms with Crippen LogP contribution in [-0.4, -0.2) is 5.11 Å². The first-order valence-electron chi connectivity index (χ1n) is 3.70. The molecule has 0 radical (unpaired) electrons. The molecule has 0 fully saturated rings. The van der Waals surface area contributed by atoms with Gasteiger partial charge in [0.2, 0.25) is 0 Å². The molecule has 0 spiro atoms. The van der Waals surface area contributed by atoms with E-state index in [0.29, 0.717) is 0 Å². The van der Waals surface area contributed by atoms with Crippen LogP contribution >= 0.6 is 43.2 Å². The van der Waals surface area contributed by atoms with Gasteiger partial charge in [0.25, 0.3) is 0 Å². The molecular formula is C9H6Br2OS. The fraction of sp³-hybridized carbons (Fsp3) is 0.111. The smallest absolute Gasteiger partial charge is 0.0786 e. The molecule has 0 aliphatic heterocycles. The predicted molar refractivity (Wildman–Crippen MR) is 63.1 cm³/mol. The lowest BCUT2D eigenvalue weighted by Gasteiger charge is -1.91. The maximum atomic E-state index is 9.08. The van der Waals surface area contributed by atoms with E-state index in [4.69, 9.17) is 5.11 Å². The molecule has 0 amide bonds. The first-order valence-corrected chi connectivity index (χ1v) is 6.10. The highest BCUT2D eigenvalue weighted by molar-refractivity contribution is 9.11. The molecule has 2 aromatic rings. The predicted octanol–water partition coefficient (Wildman–Crippen LogP) is 3.92. The zero-order chi connectivity index (χ0) is 9.42. The molecule has 4 heteroatoms. The number of halogens is 2. The third-order valence-corrected chi connectivity index (χ3v) is 5.13. The lowest BCUT2D eigenvalue weighted by atomic mass is 10.2. The van der Waals surface area contributed by atoms with Crippen molar-refractivity contribution in [2.24, 2.45) is 0 Å². The Morgan fingerprint density at radius 2 is 2.08 bits per heavy atom. The number of benzene rings is 1. The van der Waals surface area contributed by atoms with Gasteiger partial charge in [0.15, 0.2) is 0 Å². The summed E-state index contributed by atoms with van der Waals surface area (Å²) in [6.07, 6.45) is 0. The molecular weight excluding hydrogens is 316 g/mol. The van der Waals surface area contributed by atoms with Crippen LogP contribution in [0.3, 0.4) is 0 Å². The molecule has 0 saturated carbocycles. The highest BCUT2D eigenvalue weighted by atomic mass is 79.9. The summed E-state index contributed by atoms with van der Waals surface area (Å²) in [5, 5.41) is 10.2. The first kappa shape index (κ1) is 9.65. The van der Waals surface area contributed by atoms with E-state index >= 15 is 0 Å². The Hall–Kier alpha value is 0.1000. The van der Waals surface area contributed by atoms with Gasteiger partial charge in [-0.3, -0.25) is 0 Å². The molecule has 0 atom stereocenters. The van der Waals surface area contributed by atoms with Gasteiger partial charge in [-0.25, -0.2) is 0 Å². The van der Waals surface area contributed by atoms with Crippen molar-refractivity contribution >= 4 is 53.3 Å². The van der Waals surface area contributed by atoms with Crippen LogP contribution in [0.2, 0.25) is 0 Å².